The van der Waals surface area contributed by atoms with Crippen molar-refractivity contribution >= 4 is 10.0 Å². The van der Waals surface area contributed by atoms with E-state index in [1.54, 1.807) is 4.72 Å². The van der Waals surface area contributed by atoms with Crippen molar-refractivity contribution in [3.8, 4) is 0 Å². The van der Waals surface area contributed by atoms with Crippen molar-refractivity contribution in [2.45, 2.75) is 11.1 Å². The molecule has 90 valence electrons. The van der Waals surface area contributed by atoms with Crippen molar-refractivity contribution < 1.29 is 26.0 Å². The van der Waals surface area contributed by atoms with Crippen LogP contribution in [0.4, 0.5) is 17.6 Å². The molecule has 0 heterocycles. The van der Waals surface area contributed by atoms with Crippen LogP contribution in [0.3, 0.4) is 0 Å². The molecule has 0 amide bonds. The van der Waals surface area contributed by atoms with Crippen LogP contribution in [-0.4, -0.2) is 15.5 Å². The standard InChI is InChI=1S/C8H7F4NO2S/c1-13-16(14,15)6-4-2-3-5(9)7(6)8(10,11)12/h2-4,13H,1H3. The molecule has 1 N–H and O–H groups in total. The fourth-order valence-electron chi connectivity index (χ4n) is 1.11. The molecule has 0 fully saturated rings. The van der Waals surface area contributed by atoms with Gasteiger partial charge in [-0.2, -0.15) is 13.2 Å². The lowest BCUT2D eigenvalue weighted by Gasteiger charge is -2.13. The highest BCUT2D eigenvalue weighted by Gasteiger charge is 2.39. The van der Waals surface area contributed by atoms with Gasteiger partial charge in [-0.3, -0.25) is 0 Å². The molecule has 0 saturated carbocycles. The van der Waals surface area contributed by atoms with E-state index in [4.69, 9.17) is 0 Å². The minimum absolute atomic E-state index is 0.553. The molecule has 0 atom stereocenters. The molecule has 0 aliphatic rings. The largest absolute Gasteiger partial charge is 0.420 e. The van der Waals surface area contributed by atoms with Gasteiger partial charge in [0.15, 0.2) is 0 Å². The van der Waals surface area contributed by atoms with Gasteiger partial charge in [0.05, 0.1) is 4.90 Å². The topological polar surface area (TPSA) is 46.2 Å². The van der Waals surface area contributed by atoms with Crippen molar-refractivity contribution in [3.63, 3.8) is 0 Å². The lowest BCUT2D eigenvalue weighted by atomic mass is 10.2. The Morgan fingerprint density at radius 3 is 2.25 bits per heavy atom. The Kier molecular flexibility index (Phi) is 3.25. The zero-order chi connectivity index (χ0) is 12.6. The summed E-state index contributed by atoms with van der Waals surface area (Å²) < 4.78 is 74.5. The second-order valence-electron chi connectivity index (χ2n) is 2.82. The van der Waals surface area contributed by atoms with Crippen LogP contribution in [0.2, 0.25) is 0 Å². The van der Waals surface area contributed by atoms with E-state index in [9.17, 15) is 26.0 Å². The summed E-state index contributed by atoms with van der Waals surface area (Å²) in [4.78, 5) is -1.12. The van der Waals surface area contributed by atoms with Crippen molar-refractivity contribution in [2.24, 2.45) is 0 Å². The number of sulfonamides is 1. The Morgan fingerprint density at radius 2 is 1.81 bits per heavy atom. The van der Waals surface area contributed by atoms with E-state index in [0.717, 1.165) is 13.1 Å². The second-order valence-corrected chi connectivity index (χ2v) is 4.67. The van der Waals surface area contributed by atoms with E-state index in [0.29, 0.717) is 12.1 Å². The minimum atomic E-state index is -5.06. The molecule has 1 aromatic rings. The van der Waals surface area contributed by atoms with Gasteiger partial charge in [-0.15, -0.1) is 0 Å². The molecule has 0 aliphatic carbocycles. The van der Waals surface area contributed by atoms with E-state index >= 15 is 0 Å². The summed E-state index contributed by atoms with van der Waals surface area (Å²) in [5, 5.41) is 0. The van der Waals surface area contributed by atoms with E-state index in [1.165, 1.54) is 0 Å². The molecule has 1 aromatic carbocycles. The van der Waals surface area contributed by atoms with E-state index < -0.39 is 32.5 Å². The molecular weight excluding hydrogens is 250 g/mol. The highest BCUT2D eigenvalue weighted by Crippen LogP contribution is 2.35. The maximum Gasteiger partial charge on any atom is 0.420 e. The smallest absolute Gasteiger partial charge is 0.214 e. The summed E-state index contributed by atoms with van der Waals surface area (Å²) in [7, 11) is -3.40. The van der Waals surface area contributed by atoms with Crippen molar-refractivity contribution in [3.05, 3.63) is 29.6 Å². The first-order valence-corrected chi connectivity index (χ1v) is 5.47. The lowest BCUT2D eigenvalue weighted by molar-refractivity contribution is -0.142. The molecule has 0 aliphatic heterocycles. The third-order valence-electron chi connectivity index (χ3n) is 1.82. The quantitative estimate of drug-likeness (QED) is 0.820. The van der Waals surface area contributed by atoms with Gasteiger partial charge in [-0.1, -0.05) is 6.07 Å². The lowest BCUT2D eigenvalue weighted by Crippen LogP contribution is -2.23. The van der Waals surface area contributed by atoms with Crippen LogP contribution in [0.25, 0.3) is 0 Å². The van der Waals surface area contributed by atoms with E-state index in [1.807, 2.05) is 0 Å². The number of hydrogen-bond acceptors (Lipinski definition) is 2. The third kappa shape index (κ3) is 2.33. The van der Waals surface area contributed by atoms with Gasteiger partial charge in [-0.05, 0) is 19.2 Å². The molecule has 0 spiro atoms. The van der Waals surface area contributed by atoms with Crippen molar-refractivity contribution in [1.29, 1.82) is 0 Å². The fraction of sp³-hybridized carbons (Fsp3) is 0.250. The van der Waals surface area contributed by atoms with Crippen LogP contribution in [0.1, 0.15) is 5.56 Å². The highest BCUT2D eigenvalue weighted by molar-refractivity contribution is 7.89. The zero-order valence-corrected chi connectivity index (χ0v) is 8.79. The normalized spacial score (nSPS) is 12.8. The van der Waals surface area contributed by atoms with Crippen LogP contribution in [0, 0.1) is 5.82 Å². The van der Waals surface area contributed by atoms with Gasteiger partial charge in [0.25, 0.3) is 0 Å². The number of hydrogen-bond donors (Lipinski definition) is 1. The highest BCUT2D eigenvalue weighted by atomic mass is 32.2. The molecular formula is C8H7F4NO2S. The number of halogens is 4. The summed E-state index contributed by atoms with van der Waals surface area (Å²) in [6.45, 7) is 0. The third-order valence-corrected chi connectivity index (χ3v) is 3.27. The maximum atomic E-state index is 13.0. The zero-order valence-electron chi connectivity index (χ0n) is 7.97. The van der Waals surface area contributed by atoms with Gasteiger partial charge in [-0.25, -0.2) is 17.5 Å². The minimum Gasteiger partial charge on any atom is -0.214 e. The van der Waals surface area contributed by atoms with E-state index in [2.05, 4.69) is 0 Å². The van der Waals surface area contributed by atoms with E-state index in [-0.39, 0.29) is 0 Å². The number of nitrogens with one attached hydrogen (secondary N) is 1. The summed E-state index contributed by atoms with van der Waals surface area (Å²) in [6, 6.07) is 2.14. The molecule has 0 aromatic heterocycles. The summed E-state index contributed by atoms with van der Waals surface area (Å²) in [6.07, 6.45) is -5.06. The van der Waals surface area contributed by atoms with Gasteiger partial charge in [0, 0.05) is 0 Å². The van der Waals surface area contributed by atoms with Gasteiger partial charge < -0.3 is 0 Å². The average molecular weight is 257 g/mol. The average Bonchev–Trinajstić information content (AvgIpc) is 2.15. The first kappa shape index (κ1) is 12.9. The molecule has 16 heavy (non-hydrogen) atoms. The Balaban J connectivity index is 3.60. The summed E-state index contributed by atoms with van der Waals surface area (Å²) in [5.41, 5.74) is -1.79. The van der Waals surface area contributed by atoms with Crippen LogP contribution < -0.4 is 4.72 Å². The molecule has 1 rings (SSSR count). The number of benzene rings is 1. The Bertz CT molecular complexity index is 495. The first-order chi connectivity index (χ1) is 7.20. The van der Waals surface area contributed by atoms with Crippen molar-refractivity contribution in [1.82, 2.24) is 4.72 Å². The second kappa shape index (κ2) is 4.02. The van der Waals surface area contributed by atoms with Gasteiger partial charge in [0.1, 0.15) is 11.4 Å². The van der Waals surface area contributed by atoms with Gasteiger partial charge >= 0.3 is 6.18 Å². The summed E-state index contributed by atoms with van der Waals surface area (Å²) >= 11 is 0. The fourth-order valence-corrected chi connectivity index (χ4v) is 2.07. The molecule has 0 bridgehead atoms. The molecule has 0 radical (unpaired) electrons. The van der Waals surface area contributed by atoms with Crippen LogP contribution in [0.15, 0.2) is 23.1 Å². The SMILES string of the molecule is CNS(=O)(=O)c1cccc(F)c1C(F)(F)F. The van der Waals surface area contributed by atoms with Gasteiger partial charge in [0.2, 0.25) is 10.0 Å². The van der Waals surface area contributed by atoms with Crippen LogP contribution in [-0.2, 0) is 16.2 Å². The Labute approximate surface area is 89.1 Å². The maximum absolute atomic E-state index is 13.0. The Morgan fingerprint density at radius 1 is 1.25 bits per heavy atom. The molecule has 3 nitrogen and oxygen atoms in total. The predicted octanol–water partition coefficient (Wildman–Crippen LogP) is 1.75. The monoisotopic (exact) mass is 257 g/mol. The van der Waals surface area contributed by atoms with Crippen LogP contribution >= 0.6 is 0 Å². The number of alkyl halides is 3. The predicted molar refractivity (Wildman–Crippen MR) is 47.6 cm³/mol. The molecule has 0 unspecified atom stereocenters. The molecule has 0 saturated heterocycles. The van der Waals surface area contributed by atoms with Crippen molar-refractivity contribution in [2.75, 3.05) is 7.05 Å². The molecule has 8 heteroatoms. The first-order valence-electron chi connectivity index (χ1n) is 3.99. The number of rotatable bonds is 2. The summed E-state index contributed by atoms with van der Waals surface area (Å²) in [5.74, 6) is -1.62. The van der Waals surface area contributed by atoms with Crippen LogP contribution in [0.5, 0.6) is 0 Å². The Hall–Kier alpha value is -1.15.